The minimum atomic E-state index is -3.68. The number of nitrogen functional groups attached to an aromatic ring is 1. The molecular formula is C11H13BrN4O2S. The lowest BCUT2D eigenvalue weighted by Crippen LogP contribution is -2.14. The van der Waals surface area contributed by atoms with E-state index in [1.807, 2.05) is 0 Å². The van der Waals surface area contributed by atoms with Gasteiger partial charge in [-0.05, 0) is 48.0 Å². The first-order chi connectivity index (χ1) is 8.81. The van der Waals surface area contributed by atoms with Crippen molar-refractivity contribution < 1.29 is 8.42 Å². The van der Waals surface area contributed by atoms with Gasteiger partial charge in [-0.1, -0.05) is 0 Å². The molecule has 0 amide bonds. The van der Waals surface area contributed by atoms with Crippen LogP contribution in [0.5, 0.6) is 0 Å². The van der Waals surface area contributed by atoms with Gasteiger partial charge in [0.25, 0.3) is 10.0 Å². The van der Waals surface area contributed by atoms with Gasteiger partial charge in [0.1, 0.15) is 0 Å². The second-order valence-corrected chi connectivity index (χ2v) is 6.63. The molecule has 8 heteroatoms. The number of sulfonamides is 1. The number of nitrogens with two attached hydrogens (primary N) is 1. The second kappa shape index (κ2) is 4.86. The van der Waals surface area contributed by atoms with Crippen LogP contribution in [-0.4, -0.2) is 18.6 Å². The number of H-pyrrole nitrogens is 1. The average molecular weight is 345 g/mol. The van der Waals surface area contributed by atoms with Gasteiger partial charge in [0, 0.05) is 10.2 Å². The van der Waals surface area contributed by atoms with Crippen LogP contribution in [-0.2, 0) is 10.0 Å². The van der Waals surface area contributed by atoms with Crippen LogP contribution in [0, 0.1) is 13.8 Å². The molecule has 0 aliphatic rings. The number of hydrogen-bond donors (Lipinski definition) is 3. The number of aromatic nitrogens is 2. The van der Waals surface area contributed by atoms with Crippen molar-refractivity contribution in [3.8, 4) is 0 Å². The molecule has 0 spiro atoms. The largest absolute Gasteiger partial charge is 0.398 e. The standard InChI is InChI=1S/C11H13BrN4O2S/c1-6-11(7(2)15-14-6)16-19(17,18)8-3-4-9(12)10(13)5-8/h3-5,16H,13H2,1-2H3,(H,14,15). The van der Waals surface area contributed by atoms with Crippen molar-refractivity contribution in [2.24, 2.45) is 0 Å². The molecule has 0 aliphatic carbocycles. The smallest absolute Gasteiger partial charge is 0.262 e. The van der Waals surface area contributed by atoms with Gasteiger partial charge in [-0.25, -0.2) is 8.42 Å². The molecular weight excluding hydrogens is 332 g/mol. The Kier molecular flexibility index (Phi) is 3.55. The number of aryl methyl sites for hydroxylation is 2. The summed E-state index contributed by atoms with van der Waals surface area (Å²) in [6.45, 7) is 3.46. The van der Waals surface area contributed by atoms with Gasteiger partial charge in [-0.3, -0.25) is 9.82 Å². The Balaban J connectivity index is 2.41. The number of aromatic amines is 1. The van der Waals surface area contributed by atoms with E-state index in [1.165, 1.54) is 12.1 Å². The van der Waals surface area contributed by atoms with Crippen LogP contribution in [0.3, 0.4) is 0 Å². The zero-order valence-electron chi connectivity index (χ0n) is 10.4. The number of rotatable bonds is 3. The SMILES string of the molecule is Cc1n[nH]c(C)c1NS(=O)(=O)c1ccc(Br)c(N)c1. The highest BCUT2D eigenvalue weighted by Crippen LogP contribution is 2.25. The van der Waals surface area contributed by atoms with Crippen molar-refractivity contribution in [2.45, 2.75) is 18.7 Å². The lowest BCUT2D eigenvalue weighted by atomic mass is 10.3. The fraction of sp³-hybridized carbons (Fsp3) is 0.182. The third-order valence-electron chi connectivity index (χ3n) is 2.64. The Bertz CT molecular complexity index is 705. The molecule has 0 fully saturated rings. The van der Waals surface area contributed by atoms with Crippen LogP contribution in [0.1, 0.15) is 11.4 Å². The van der Waals surface area contributed by atoms with Crippen molar-refractivity contribution in [3.05, 3.63) is 34.1 Å². The Hall–Kier alpha value is -1.54. The van der Waals surface area contributed by atoms with Crippen LogP contribution in [0.25, 0.3) is 0 Å². The first-order valence-corrected chi connectivity index (χ1v) is 7.68. The Labute approximate surface area is 119 Å². The summed E-state index contributed by atoms with van der Waals surface area (Å²) in [5.41, 5.74) is 7.76. The highest BCUT2D eigenvalue weighted by Gasteiger charge is 2.18. The van der Waals surface area contributed by atoms with Crippen molar-refractivity contribution in [3.63, 3.8) is 0 Å². The molecule has 0 saturated carbocycles. The van der Waals surface area contributed by atoms with E-state index in [9.17, 15) is 8.42 Å². The summed E-state index contributed by atoms with van der Waals surface area (Å²) in [5.74, 6) is 0. The maximum Gasteiger partial charge on any atom is 0.262 e. The molecule has 0 unspecified atom stereocenters. The normalized spacial score (nSPS) is 11.5. The molecule has 1 heterocycles. The van der Waals surface area contributed by atoms with Crippen molar-refractivity contribution >= 4 is 37.3 Å². The lowest BCUT2D eigenvalue weighted by molar-refractivity contribution is 0.601. The van der Waals surface area contributed by atoms with E-state index in [4.69, 9.17) is 5.73 Å². The quantitative estimate of drug-likeness (QED) is 0.742. The van der Waals surface area contributed by atoms with Crippen molar-refractivity contribution in [1.29, 1.82) is 0 Å². The lowest BCUT2D eigenvalue weighted by Gasteiger charge is -2.09. The van der Waals surface area contributed by atoms with Gasteiger partial charge in [-0.2, -0.15) is 5.10 Å². The molecule has 0 saturated heterocycles. The van der Waals surface area contributed by atoms with Crippen LogP contribution in [0.4, 0.5) is 11.4 Å². The monoisotopic (exact) mass is 344 g/mol. The minimum Gasteiger partial charge on any atom is -0.398 e. The predicted molar refractivity (Wildman–Crippen MR) is 77.4 cm³/mol. The van der Waals surface area contributed by atoms with Gasteiger partial charge >= 0.3 is 0 Å². The summed E-state index contributed by atoms with van der Waals surface area (Å²) in [7, 11) is -3.68. The molecule has 1 aromatic carbocycles. The molecule has 6 nitrogen and oxygen atoms in total. The van der Waals surface area contributed by atoms with Crippen molar-refractivity contribution in [1.82, 2.24) is 10.2 Å². The van der Waals surface area contributed by atoms with Crippen molar-refractivity contribution in [2.75, 3.05) is 10.5 Å². The predicted octanol–water partition coefficient (Wildman–Crippen LogP) is 2.17. The van der Waals surface area contributed by atoms with Crippen LogP contribution in [0.2, 0.25) is 0 Å². The zero-order valence-corrected chi connectivity index (χ0v) is 12.8. The Morgan fingerprint density at radius 2 is 2.05 bits per heavy atom. The summed E-state index contributed by atoms with van der Waals surface area (Å²) in [4.78, 5) is 0.105. The van der Waals surface area contributed by atoms with Gasteiger partial charge in [0.15, 0.2) is 0 Å². The van der Waals surface area contributed by atoms with E-state index in [-0.39, 0.29) is 4.90 Å². The van der Waals surface area contributed by atoms with Gasteiger partial charge < -0.3 is 5.73 Å². The molecule has 0 bridgehead atoms. The van der Waals surface area contributed by atoms with E-state index in [2.05, 4.69) is 30.8 Å². The summed E-state index contributed by atoms with van der Waals surface area (Å²) < 4.78 is 27.6. The van der Waals surface area contributed by atoms with Gasteiger partial charge in [0.05, 0.1) is 22.0 Å². The Morgan fingerprint density at radius 3 is 2.58 bits per heavy atom. The molecule has 0 radical (unpaired) electrons. The number of hydrogen-bond acceptors (Lipinski definition) is 4. The second-order valence-electron chi connectivity index (χ2n) is 4.10. The molecule has 4 N–H and O–H groups in total. The fourth-order valence-corrected chi connectivity index (χ4v) is 3.05. The van der Waals surface area contributed by atoms with E-state index < -0.39 is 10.0 Å². The summed E-state index contributed by atoms with van der Waals surface area (Å²) >= 11 is 3.22. The van der Waals surface area contributed by atoms with Gasteiger partial charge in [0.2, 0.25) is 0 Å². The van der Waals surface area contributed by atoms with Gasteiger partial charge in [-0.15, -0.1) is 0 Å². The average Bonchev–Trinajstić information content (AvgIpc) is 2.64. The number of nitrogens with zero attached hydrogens (tertiary/aromatic N) is 1. The number of benzene rings is 1. The highest BCUT2D eigenvalue weighted by molar-refractivity contribution is 9.10. The molecule has 1 aromatic heterocycles. The maximum absolute atomic E-state index is 12.2. The summed E-state index contributed by atoms with van der Waals surface area (Å²) in [5, 5.41) is 6.66. The van der Waals surface area contributed by atoms with E-state index in [0.717, 1.165) is 0 Å². The van der Waals surface area contributed by atoms with Crippen LogP contribution in [0.15, 0.2) is 27.6 Å². The minimum absolute atomic E-state index is 0.105. The number of anilines is 2. The molecule has 2 rings (SSSR count). The first kappa shape index (κ1) is 13.9. The topological polar surface area (TPSA) is 101 Å². The third-order valence-corrected chi connectivity index (χ3v) is 4.71. The first-order valence-electron chi connectivity index (χ1n) is 5.40. The molecule has 19 heavy (non-hydrogen) atoms. The van der Waals surface area contributed by atoms with Crippen LogP contribution >= 0.6 is 15.9 Å². The molecule has 0 atom stereocenters. The molecule has 0 aliphatic heterocycles. The summed E-state index contributed by atoms with van der Waals surface area (Å²) in [6, 6.07) is 4.48. The number of nitrogens with one attached hydrogen (secondary N) is 2. The highest BCUT2D eigenvalue weighted by atomic mass is 79.9. The van der Waals surface area contributed by atoms with E-state index in [1.54, 1.807) is 19.9 Å². The fourth-order valence-electron chi connectivity index (χ4n) is 1.58. The number of halogens is 1. The summed E-state index contributed by atoms with van der Waals surface area (Å²) in [6.07, 6.45) is 0. The Morgan fingerprint density at radius 1 is 1.37 bits per heavy atom. The molecule has 102 valence electrons. The van der Waals surface area contributed by atoms with E-state index >= 15 is 0 Å². The van der Waals surface area contributed by atoms with Crippen LogP contribution < -0.4 is 10.5 Å². The third kappa shape index (κ3) is 2.74. The zero-order chi connectivity index (χ0) is 14.2. The molecule has 2 aromatic rings. The maximum atomic E-state index is 12.2. The van der Waals surface area contributed by atoms with E-state index in [0.29, 0.717) is 27.2 Å².